The van der Waals surface area contributed by atoms with E-state index in [1.54, 1.807) is 14.2 Å². The number of hydrogen-bond acceptors (Lipinski definition) is 3. The van der Waals surface area contributed by atoms with Crippen molar-refractivity contribution in [1.82, 2.24) is 5.32 Å². The van der Waals surface area contributed by atoms with Crippen LogP contribution in [0.25, 0.3) is 0 Å². The van der Waals surface area contributed by atoms with Crippen molar-refractivity contribution < 1.29 is 9.47 Å². The van der Waals surface area contributed by atoms with E-state index < -0.39 is 0 Å². The largest absolute Gasteiger partial charge is 0.497 e. The lowest BCUT2D eigenvalue weighted by Gasteiger charge is -2.32. The van der Waals surface area contributed by atoms with Crippen molar-refractivity contribution in [2.45, 2.75) is 32.2 Å². The molecule has 0 bridgehead atoms. The minimum atomic E-state index is -0.000352. The van der Waals surface area contributed by atoms with E-state index in [-0.39, 0.29) is 5.54 Å². The number of benzene rings is 1. The zero-order valence-corrected chi connectivity index (χ0v) is 11.6. The van der Waals surface area contributed by atoms with Gasteiger partial charge in [0.2, 0.25) is 0 Å². The van der Waals surface area contributed by atoms with Gasteiger partial charge in [0.25, 0.3) is 0 Å². The van der Waals surface area contributed by atoms with E-state index in [1.807, 2.05) is 25.2 Å². The van der Waals surface area contributed by atoms with Gasteiger partial charge in [-0.15, -0.1) is 0 Å². The smallest absolute Gasteiger partial charge is 0.122 e. The van der Waals surface area contributed by atoms with Gasteiger partial charge in [-0.2, -0.15) is 0 Å². The first kappa shape index (κ1) is 13.8. The van der Waals surface area contributed by atoms with Gasteiger partial charge < -0.3 is 14.8 Å². The zero-order chi connectivity index (χ0) is 13.1. The molecule has 0 heterocycles. The molecule has 17 heavy (non-hydrogen) atoms. The predicted molar refractivity (Wildman–Crippen MR) is 71.1 cm³/mol. The quantitative estimate of drug-likeness (QED) is 0.854. The molecular formula is C14H23NO2. The number of ether oxygens (including phenoxy) is 2. The molecule has 0 amide bonds. The fourth-order valence-electron chi connectivity index (χ4n) is 1.78. The number of likely N-dealkylation sites (N-methyl/N-ethyl adjacent to an activating group) is 1. The first-order valence-corrected chi connectivity index (χ1v) is 5.87. The highest BCUT2D eigenvalue weighted by molar-refractivity contribution is 5.43. The van der Waals surface area contributed by atoms with Gasteiger partial charge in [-0.25, -0.2) is 0 Å². The number of rotatable bonds is 5. The van der Waals surface area contributed by atoms with Gasteiger partial charge in [-0.05, 0) is 39.1 Å². The molecule has 1 N–H and O–H groups in total. The Morgan fingerprint density at radius 3 is 2.29 bits per heavy atom. The van der Waals surface area contributed by atoms with Crippen LogP contribution in [-0.4, -0.2) is 26.8 Å². The summed E-state index contributed by atoms with van der Waals surface area (Å²) < 4.78 is 10.7. The third kappa shape index (κ3) is 2.91. The molecule has 0 aromatic heterocycles. The normalized spacial score (nSPS) is 13.3. The Bertz CT molecular complexity index is 374. The van der Waals surface area contributed by atoms with Gasteiger partial charge >= 0.3 is 0 Å². The van der Waals surface area contributed by atoms with Crippen LogP contribution in [-0.2, 0) is 0 Å². The molecule has 0 fully saturated rings. The SMILES string of the molecule is CNC(C)(C)C(C)c1cc(OC)ccc1OC. The summed E-state index contributed by atoms with van der Waals surface area (Å²) in [6.07, 6.45) is 0. The fourth-order valence-corrected chi connectivity index (χ4v) is 1.78. The molecule has 1 aromatic rings. The summed E-state index contributed by atoms with van der Waals surface area (Å²) in [5.41, 5.74) is 1.16. The van der Waals surface area contributed by atoms with Crippen LogP contribution >= 0.6 is 0 Å². The summed E-state index contributed by atoms with van der Waals surface area (Å²) in [5, 5.41) is 3.33. The van der Waals surface area contributed by atoms with Crippen LogP contribution in [0.1, 0.15) is 32.3 Å². The van der Waals surface area contributed by atoms with Crippen LogP contribution in [0.2, 0.25) is 0 Å². The molecule has 0 spiro atoms. The van der Waals surface area contributed by atoms with E-state index in [4.69, 9.17) is 9.47 Å². The summed E-state index contributed by atoms with van der Waals surface area (Å²) in [4.78, 5) is 0. The van der Waals surface area contributed by atoms with E-state index in [1.165, 1.54) is 0 Å². The molecule has 1 unspecified atom stereocenters. The Balaban J connectivity index is 3.18. The summed E-state index contributed by atoms with van der Waals surface area (Å²) in [6, 6.07) is 5.92. The van der Waals surface area contributed by atoms with Crippen LogP contribution in [0, 0.1) is 0 Å². The van der Waals surface area contributed by atoms with Gasteiger partial charge in [0.1, 0.15) is 11.5 Å². The maximum absolute atomic E-state index is 5.42. The van der Waals surface area contributed by atoms with E-state index in [9.17, 15) is 0 Å². The van der Waals surface area contributed by atoms with Crippen LogP contribution in [0.3, 0.4) is 0 Å². The molecule has 0 aliphatic carbocycles. The second-order valence-electron chi connectivity index (χ2n) is 4.80. The second kappa shape index (κ2) is 5.41. The fraction of sp³-hybridized carbons (Fsp3) is 0.571. The maximum atomic E-state index is 5.42. The Kier molecular flexibility index (Phi) is 4.40. The molecule has 96 valence electrons. The number of methoxy groups -OCH3 is 2. The molecule has 1 atom stereocenters. The molecule has 0 aliphatic heterocycles. The van der Waals surface area contributed by atoms with E-state index in [0.717, 1.165) is 17.1 Å². The third-order valence-electron chi connectivity index (χ3n) is 3.63. The predicted octanol–water partition coefficient (Wildman–Crippen LogP) is 2.81. The van der Waals surface area contributed by atoms with E-state index in [0.29, 0.717) is 5.92 Å². The third-order valence-corrected chi connectivity index (χ3v) is 3.63. The summed E-state index contributed by atoms with van der Waals surface area (Å²) in [7, 11) is 5.35. The highest BCUT2D eigenvalue weighted by atomic mass is 16.5. The van der Waals surface area contributed by atoms with Crippen molar-refractivity contribution in [2.24, 2.45) is 0 Å². The standard InChI is InChI=1S/C14H23NO2/c1-10(14(2,3)15-4)12-9-11(16-5)7-8-13(12)17-6/h7-10,15H,1-6H3. The minimum Gasteiger partial charge on any atom is -0.497 e. The first-order chi connectivity index (χ1) is 7.96. The molecular weight excluding hydrogens is 214 g/mol. The molecule has 1 aromatic carbocycles. The van der Waals surface area contributed by atoms with Crippen molar-refractivity contribution in [3.63, 3.8) is 0 Å². The van der Waals surface area contributed by atoms with Crippen molar-refractivity contribution >= 4 is 0 Å². The van der Waals surface area contributed by atoms with Gasteiger partial charge in [0, 0.05) is 17.0 Å². The Labute approximate surface area is 104 Å². The Hall–Kier alpha value is -1.22. The topological polar surface area (TPSA) is 30.5 Å². The van der Waals surface area contributed by atoms with Gasteiger partial charge in [-0.3, -0.25) is 0 Å². The zero-order valence-electron chi connectivity index (χ0n) is 11.6. The van der Waals surface area contributed by atoms with Crippen molar-refractivity contribution in [1.29, 1.82) is 0 Å². The van der Waals surface area contributed by atoms with Gasteiger partial charge in [0.05, 0.1) is 14.2 Å². The summed E-state index contributed by atoms with van der Waals surface area (Å²) in [6.45, 7) is 6.54. The first-order valence-electron chi connectivity index (χ1n) is 5.87. The van der Waals surface area contributed by atoms with Crippen molar-refractivity contribution in [2.75, 3.05) is 21.3 Å². The lowest BCUT2D eigenvalue weighted by atomic mass is 9.83. The number of hydrogen-bond donors (Lipinski definition) is 1. The average Bonchev–Trinajstić information content (AvgIpc) is 2.36. The summed E-state index contributed by atoms with van der Waals surface area (Å²) in [5.74, 6) is 2.08. The highest BCUT2D eigenvalue weighted by Crippen LogP contribution is 2.36. The van der Waals surface area contributed by atoms with Gasteiger partial charge in [-0.1, -0.05) is 6.92 Å². The van der Waals surface area contributed by atoms with Crippen molar-refractivity contribution in [3.05, 3.63) is 23.8 Å². The molecule has 0 saturated heterocycles. The molecule has 0 saturated carbocycles. The molecule has 0 aliphatic rings. The highest BCUT2D eigenvalue weighted by Gasteiger charge is 2.27. The minimum absolute atomic E-state index is 0.000352. The van der Waals surface area contributed by atoms with Crippen molar-refractivity contribution in [3.8, 4) is 11.5 Å². The molecule has 3 heteroatoms. The second-order valence-corrected chi connectivity index (χ2v) is 4.80. The molecule has 1 rings (SSSR count). The Morgan fingerprint density at radius 2 is 1.82 bits per heavy atom. The molecule has 0 radical (unpaired) electrons. The van der Waals surface area contributed by atoms with Crippen LogP contribution < -0.4 is 14.8 Å². The van der Waals surface area contributed by atoms with Crippen LogP contribution in [0.4, 0.5) is 0 Å². The monoisotopic (exact) mass is 237 g/mol. The van der Waals surface area contributed by atoms with Crippen LogP contribution in [0.5, 0.6) is 11.5 Å². The summed E-state index contributed by atoms with van der Waals surface area (Å²) >= 11 is 0. The van der Waals surface area contributed by atoms with Gasteiger partial charge in [0.15, 0.2) is 0 Å². The average molecular weight is 237 g/mol. The van der Waals surface area contributed by atoms with Crippen LogP contribution in [0.15, 0.2) is 18.2 Å². The lowest BCUT2D eigenvalue weighted by molar-refractivity contribution is 0.340. The maximum Gasteiger partial charge on any atom is 0.122 e. The van der Waals surface area contributed by atoms with E-state index >= 15 is 0 Å². The van der Waals surface area contributed by atoms with E-state index in [2.05, 4.69) is 26.1 Å². The molecule has 3 nitrogen and oxygen atoms in total. The number of nitrogens with one attached hydrogen (secondary N) is 1. The lowest BCUT2D eigenvalue weighted by Crippen LogP contribution is -2.41. The Morgan fingerprint density at radius 1 is 1.18 bits per heavy atom.